The molecule has 1 aromatic carbocycles. The Kier molecular flexibility index (Phi) is 5.46. The van der Waals surface area contributed by atoms with Crippen LogP contribution in [-0.2, 0) is 10.2 Å². The van der Waals surface area contributed by atoms with E-state index >= 15 is 0 Å². The first-order valence-corrected chi connectivity index (χ1v) is 8.91. The van der Waals surface area contributed by atoms with Crippen LogP contribution >= 0.6 is 11.6 Å². The maximum atomic E-state index is 12.4. The summed E-state index contributed by atoms with van der Waals surface area (Å²) in [4.78, 5) is 16.7. The molecule has 1 N–H and O–H groups in total. The molecule has 0 unspecified atom stereocenters. The van der Waals surface area contributed by atoms with Crippen molar-refractivity contribution in [3.8, 4) is 11.6 Å². The maximum absolute atomic E-state index is 12.4. The second-order valence-electron chi connectivity index (χ2n) is 7.06. The summed E-state index contributed by atoms with van der Waals surface area (Å²) in [5.41, 5.74) is 0.682. The summed E-state index contributed by atoms with van der Waals surface area (Å²) in [6.45, 7) is 6.06. The van der Waals surface area contributed by atoms with Crippen molar-refractivity contribution in [2.75, 3.05) is 11.9 Å². The van der Waals surface area contributed by atoms with E-state index in [9.17, 15) is 4.79 Å². The van der Waals surface area contributed by atoms with E-state index in [1.54, 1.807) is 35.1 Å². The Labute approximate surface area is 163 Å². The Bertz CT molecular complexity index is 915. The van der Waals surface area contributed by atoms with Gasteiger partial charge in [-0.25, -0.2) is 4.98 Å². The average molecular weight is 385 g/mol. The van der Waals surface area contributed by atoms with Gasteiger partial charge in [-0.2, -0.15) is 9.78 Å². The number of hydrogen-bond acceptors (Lipinski definition) is 4. The van der Waals surface area contributed by atoms with Gasteiger partial charge in [0.25, 0.3) is 5.91 Å². The number of anilines is 1. The van der Waals surface area contributed by atoms with E-state index in [2.05, 4.69) is 36.2 Å². The molecule has 0 spiro atoms. The van der Waals surface area contributed by atoms with Crippen LogP contribution in [0.25, 0.3) is 5.82 Å². The Hall–Kier alpha value is -2.86. The molecule has 7 heteroatoms. The van der Waals surface area contributed by atoms with E-state index in [-0.39, 0.29) is 17.9 Å². The van der Waals surface area contributed by atoms with Gasteiger partial charge >= 0.3 is 0 Å². The molecule has 0 saturated heterocycles. The van der Waals surface area contributed by atoms with Crippen molar-refractivity contribution in [3.05, 3.63) is 65.4 Å². The molecule has 0 bridgehead atoms. The first kappa shape index (κ1) is 18.9. The van der Waals surface area contributed by atoms with Crippen LogP contribution in [0, 0.1) is 0 Å². The summed E-state index contributed by atoms with van der Waals surface area (Å²) >= 11 is 5.85. The van der Waals surface area contributed by atoms with Crippen LogP contribution in [0.4, 0.5) is 5.82 Å². The molecule has 2 aromatic heterocycles. The molecular weight excluding hydrogens is 364 g/mol. The predicted molar refractivity (Wildman–Crippen MR) is 106 cm³/mol. The number of benzene rings is 1. The van der Waals surface area contributed by atoms with Crippen LogP contribution in [0.15, 0.2) is 54.7 Å². The number of ether oxygens (including phenoxy) is 1. The van der Waals surface area contributed by atoms with Gasteiger partial charge in [-0.3, -0.25) is 4.79 Å². The van der Waals surface area contributed by atoms with E-state index < -0.39 is 0 Å². The zero-order chi connectivity index (χ0) is 19.4. The predicted octanol–water partition coefficient (Wildman–Crippen LogP) is 4.24. The topological polar surface area (TPSA) is 69.0 Å². The highest BCUT2D eigenvalue weighted by atomic mass is 35.5. The molecule has 140 valence electrons. The normalized spacial score (nSPS) is 11.3. The third-order valence-electron chi connectivity index (χ3n) is 3.80. The van der Waals surface area contributed by atoms with E-state index in [4.69, 9.17) is 16.3 Å². The zero-order valence-corrected chi connectivity index (χ0v) is 16.2. The molecule has 0 aliphatic rings. The Morgan fingerprint density at radius 1 is 1.19 bits per heavy atom. The van der Waals surface area contributed by atoms with Crippen molar-refractivity contribution in [1.29, 1.82) is 0 Å². The molecular formula is C20H21ClN4O2. The largest absolute Gasteiger partial charge is 0.484 e. The fraction of sp³-hybridized carbons (Fsp3) is 0.250. The molecule has 3 rings (SSSR count). The number of hydrogen-bond donors (Lipinski definition) is 1. The van der Waals surface area contributed by atoms with Crippen molar-refractivity contribution in [2.45, 2.75) is 26.2 Å². The third kappa shape index (κ3) is 4.86. The lowest BCUT2D eigenvalue weighted by molar-refractivity contribution is -0.118. The number of nitrogens with one attached hydrogen (secondary N) is 1. The number of aromatic nitrogens is 3. The lowest BCUT2D eigenvalue weighted by Gasteiger charge is -2.13. The summed E-state index contributed by atoms with van der Waals surface area (Å²) in [7, 11) is 0. The molecule has 0 aliphatic heterocycles. The summed E-state index contributed by atoms with van der Waals surface area (Å²) < 4.78 is 7.12. The molecule has 1 amide bonds. The van der Waals surface area contributed by atoms with Crippen molar-refractivity contribution in [2.24, 2.45) is 0 Å². The molecule has 2 heterocycles. The quantitative estimate of drug-likeness (QED) is 0.714. The maximum Gasteiger partial charge on any atom is 0.263 e. The number of halogens is 1. The average Bonchev–Trinajstić information content (AvgIpc) is 3.06. The van der Waals surface area contributed by atoms with Crippen molar-refractivity contribution < 1.29 is 9.53 Å². The number of carbonyl (C=O) groups is 1. The molecule has 0 fully saturated rings. The number of carbonyl (C=O) groups excluding carboxylic acids is 1. The van der Waals surface area contributed by atoms with Crippen molar-refractivity contribution in [1.82, 2.24) is 14.8 Å². The fourth-order valence-electron chi connectivity index (χ4n) is 2.35. The molecule has 27 heavy (non-hydrogen) atoms. The summed E-state index contributed by atoms with van der Waals surface area (Å²) in [5, 5.41) is 8.08. The lowest BCUT2D eigenvalue weighted by Crippen LogP contribution is -2.22. The Morgan fingerprint density at radius 2 is 1.93 bits per heavy atom. The van der Waals surface area contributed by atoms with Gasteiger partial charge in [-0.1, -0.05) is 38.4 Å². The van der Waals surface area contributed by atoms with Gasteiger partial charge in [-0.15, -0.1) is 0 Å². The second kappa shape index (κ2) is 7.80. The van der Waals surface area contributed by atoms with E-state index in [0.717, 1.165) is 5.69 Å². The number of amides is 1. The number of nitrogens with zero attached hydrogens (tertiary/aromatic N) is 3. The van der Waals surface area contributed by atoms with Crippen LogP contribution in [0.1, 0.15) is 26.5 Å². The van der Waals surface area contributed by atoms with Gasteiger partial charge in [0, 0.05) is 22.7 Å². The first-order valence-electron chi connectivity index (χ1n) is 8.53. The molecule has 6 nitrogen and oxygen atoms in total. The Balaban J connectivity index is 1.77. The Morgan fingerprint density at radius 3 is 2.56 bits per heavy atom. The van der Waals surface area contributed by atoms with Gasteiger partial charge in [0.15, 0.2) is 12.4 Å². The second-order valence-corrected chi connectivity index (χ2v) is 7.49. The molecule has 0 saturated carbocycles. The summed E-state index contributed by atoms with van der Waals surface area (Å²) in [6, 6.07) is 14.2. The highest BCUT2D eigenvalue weighted by Crippen LogP contribution is 2.25. The highest BCUT2D eigenvalue weighted by molar-refractivity contribution is 6.30. The van der Waals surface area contributed by atoms with Gasteiger partial charge in [-0.05, 0) is 36.4 Å². The van der Waals surface area contributed by atoms with Crippen LogP contribution < -0.4 is 10.1 Å². The van der Waals surface area contributed by atoms with E-state index in [1.165, 1.54) is 0 Å². The number of rotatable bonds is 5. The van der Waals surface area contributed by atoms with E-state index in [1.807, 2.05) is 24.3 Å². The van der Waals surface area contributed by atoms with Crippen molar-refractivity contribution >= 4 is 23.3 Å². The summed E-state index contributed by atoms with van der Waals surface area (Å²) in [6.07, 6.45) is 1.68. The van der Waals surface area contributed by atoms with Gasteiger partial charge in [0.2, 0.25) is 0 Å². The highest BCUT2D eigenvalue weighted by Gasteiger charge is 2.22. The smallest absolute Gasteiger partial charge is 0.263 e. The first-order chi connectivity index (χ1) is 12.8. The lowest BCUT2D eigenvalue weighted by atomic mass is 9.92. The van der Waals surface area contributed by atoms with Gasteiger partial charge < -0.3 is 10.1 Å². The van der Waals surface area contributed by atoms with Crippen LogP contribution in [-0.4, -0.2) is 27.3 Å². The van der Waals surface area contributed by atoms with E-state index in [0.29, 0.717) is 22.4 Å². The standard InChI is InChI=1S/C20H21ClN4O2/c1-20(2,3)16-12-18(25(24-16)17-6-4-5-11-22-17)23-19(26)13-27-15-9-7-14(21)8-10-15/h4-12H,13H2,1-3H3,(H,23,26). The molecule has 0 radical (unpaired) electrons. The SMILES string of the molecule is CC(C)(C)c1cc(NC(=O)COc2ccc(Cl)cc2)n(-c2ccccn2)n1. The van der Waals surface area contributed by atoms with Gasteiger partial charge in [0.05, 0.1) is 5.69 Å². The van der Waals surface area contributed by atoms with Crippen LogP contribution in [0.3, 0.4) is 0 Å². The third-order valence-corrected chi connectivity index (χ3v) is 4.05. The molecule has 0 aliphatic carbocycles. The minimum absolute atomic E-state index is 0.125. The summed E-state index contributed by atoms with van der Waals surface area (Å²) in [5.74, 6) is 1.45. The monoisotopic (exact) mass is 384 g/mol. The molecule has 0 atom stereocenters. The minimum Gasteiger partial charge on any atom is -0.484 e. The molecule has 3 aromatic rings. The fourth-order valence-corrected chi connectivity index (χ4v) is 2.47. The van der Waals surface area contributed by atoms with Crippen LogP contribution in [0.2, 0.25) is 5.02 Å². The minimum atomic E-state index is -0.289. The van der Waals surface area contributed by atoms with Crippen molar-refractivity contribution in [3.63, 3.8) is 0 Å². The zero-order valence-electron chi connectivity index (χ0n) is 15.4. The van der Waals surface area contributed by atoms with Crippen LogP contribution in [0.5, 0.6) is 5.75 Å². The van der Waals surface area contributed by atoms with Gasteiger partial charge in [0.1, 0.15) is 11.6 Å². The number of pyridine rings is 1.